The Morgan fingerprint density at radius 1 is 1.10 bits per heavy atom. The van der Waals surface area contributed by atoms with E-state index < -0.39 is 6.10 Å². The minimum atomic E-state index is -0.494. The van der Waals surface area contributed by atoms with Gasteiger partial charge in [0, 0.05) is 12.3 Å². The van der Waals surface area contributed by atoms with Crippen LogP contribution in [0.25, 0.3) is 0 Å². The zero-order chi connectivity index (χ0) is 22.3. The molecule has 30 heavy (non-hydrogen) atoms. The number of alkyl halides is 1. The van der Waals surface area contributed by atoms with E-state index in [1.807, 2.05) is 36.4 Å². The summed E-state index contributed by atoms with van der Waals surface area (Å²) in [4.78, 5) is 11.1. The highest BCUT2D eigenvalue weighted by Gasteiger charge is 2.25. The molecule has 0 aliphatic rings. The number of halogens is 3. The summed E-state index contributed by atoms with van der Waals surface area (Å²) in [6.45, 7) is 9.64. The molecule has 2 rings (SSSR count). The fraction of sp³-hybridized carbons (Fsp3) is 0.348. The quantitative estimate of drug-likeness (QED) is 0.302. The highest BCUT2D eigenvalue weighted by molar-refractivity contribution is 6.37. The topological polar surface area (TPSA) is 44.8 Å². The van der Waals surface area contributed by atoms with Crippen LogP contribution in [-0.2, 0) is 14.9 Å². The summed E-state index contributed by atoms with van der Waals surface area (Å²) in [5, 5.41) is 0.898. The van der Waals surface area contributed by atoms with Crippen molar-refractivity contribution in [2.24, 2.45) is 0 Å². The monoisotopic (exact) mass is 470 g/mol. The van der Waals surface area contributed by atoms with Gasteiger partial charge in [0.15, 0.2) is 5.75 Å². The zero-order valence-corrected chi connectivity index (χ0v) is 19.5. The van der Waals surface area contributed by atoms with Gasteiger partial charge >= 0.3 is 5.97 Å². The van der Waals surface area contributed by atoms with Crippen LogP contribution in [0.5, 0.6) is 11.5 Å². The van der Waals surface area contributed by atoms with E-state index in [9.17, 15) is 4.79 Å². The molecular weight excluding hydrogens is 447 g/mol. The third-order valence-electron chi connectivity index (χ3n) is 4.58. The number of carbonyl (C=O) groups excluding carboxylic acids is 1. The molecule has 4 nitrogen and oxygen atoms in total. The predicted molar refractivity (Wildman–Crippen MR) is 122 cm³/mol. The van der Waals surface area contributed by atoms with Gasteiger partial charge in [-0.2, -0.15) is 0 Å². The van der Waals surface area contributed by atoms with Crippen molar-refractivity contribution < 1.29 is 19.0 Å². The van der Waals surface area contributed by atoms with Crippen LogP contribution in [0, 0.1) is 13.3 Å². The molecule has 162 valence electrons. The molecule has 0 saturated carbocycles. The number of hydrogen-bond acceptors (Lipinski definition) is 4. The molecule has 0 aliphatic carbocycles. The smallest absolute Gasteiger partial charge is 0.303 e. The molecule has 2 aromatic rings. The van der Waals surface area contributed by atoms with Gasteiger partial charge in [0.25, 0.3) is 0 Å². The highest BCUT2D eigenvalue weighted by atomic mass is 35.5. The standard InChI is InChI=1S/C23H25Cl3O4/c1-5-10-28-22-20(25)11-17(12-21(22)26)23(3,4)16-6-8-18(9-7-16)29-14-19(13-24)30-15(2)27/h5-9,11-12,19H,1,10,13-14H2,2-4H3/t19-/m0/s1. The molecule has 0 spiro atoms. The van der Waals surface area contributed by atoms with Gasteiger partial charge in [-0.1, -0.05) is 49.2 Å². The Morgan fingerprint density at radius 2 is 1.70 bits per heavy atom. The normalized spacial score (nSPS) is 12.4. The summed E-state index contributed by atoms with van der Waals surface area (Å²) in [6, 6.07) is 11.4. The summed E-state index contributed by atoms with van der Waals surface area (Å²) in [5.41, 5.74) is 1.64. The maximum atomic E-state index is 11.1. The van der Waals surface area contributed by atoms with Crippen LogP contribution in [0.15, 0.2) is 36.4 Å². The molecule has 0 amide bonds. The van der Waals surface area contributed by atoms with E-state index in [0.717, 1.165) is 11.1 Å². The highest BCUT2D eigenvalue weighted by Crippen LogP contribution is 2.40. The average molecular weight is 472 g/mol. The molecule has 0 fully saturated rings. The summed E-state index contributed by atoms with van der Waals surface area (Å²) in [5.74, 6) is 0.877. The first-order valence-corrected chi connectivity index (χ1v) is 10.7. The first kappa shape index (κ1) is 24.6. The van der Waals surface area contributed by atoms with E-state index in [-0.39, 0.29) is 23.9 Å². The van der Waals surface area contributed by atoms with Crippen molar-refractivity contribution in [2.75, 3.05) is 19.1 Å². The zero-order valence-electron chi connectivity index (χ0n) is 17.2. The second-order valence-electron chi connectivity index (χ2n) is 7.21. The van der Waals surface area contributed by atoms with E-state index >= 15 is 0 Å². The summed E-state index contributed by atoms with van der Waals surface area (Å²) < 4.78 is 16.3. The predicted octanol–water partition coefficient (Wildman–Crippen LogP) is 6.29. The lowest BCUT2D eigenvalue weighted by Crippen LogP contribution is -2.25. The molecule has 0 aromatic heterocycles. The number of hydrogen-bond donors (Lipinski definition) is 0. The lowest BCUT2D eigenvalue weighted by Gasteiger charge is -2.27. The van der Waals surface area contributed by atoms with E-state index in [4.69, 9.17) is 49.0 Å². The SMILES string of the molecule is [CH2][CH]COc1c(Cl)cc(C(C)(C)c2ccc(OC[C@H](CCl)OC(C)=O)cc2)cc1Cl. The third-order valence-corrected chi connectivity index (χ3v) is 5.49. The minimum Gasteiger partial charge on any atom is -0.490 e. The van der Waals surface area contributed by atoms with E-state index in [1.54, 1.807) is 6.42 Å². The average Bonchev–Trinajstić information content (AvgIpc) is 2.70. The lowest BCUT2D eigenvalue weighted by molar-refractivity contribution is -0.146. The molecule has 0 aliphatic heterocycles. The first-order chi connectivity index (χ1) is 14.2. The molecule has 2 aromatic carbocycles. The number of esters is 1. The second-order valence-corrected chi connectivity index (χ2v) is 8.34. The van der Waals surface area contributed by atoms with Crippen LogP contribution < -0.4 is 9.47 Å². The Balaban J connectivity index is 2.15. The maximum absolute atomic E-state index is 11.1. The Labute approximate surface area is 193 Å². The molecule has 0 saturated heterocycles. The molecule has 0 N–H and O–H groups in total. The van der Waals surface area contributed by atoms with Gasteiger partial charge < -0.3 is 14.2 Å². The number of benzene rings is 2. The van der Waals surface area contributed by atoms with Crippen LogP contribution in [-0.4, -0.2) is 31.2 Å². The molecule has 0 bridgehead atoms. The van der Waals surface area contributed by atoms with Crippen molar-refractivity contribution in [1.29, 1.82) is 0 Å². The molecular formula is C23H25Cl3O4. The Hall–Kier alpha value is -1.62. The van der Waals surface area contributed by atoms with E-state index in [1.165, 1.54) is 6.92 Å². The van der Waals surface area contributed by atoms with Gasteiger partial charge in [0.2, 0.25) is 0 Å². The molecule has 2 radical (unpaired) electrons. The molecule has 1 atom stereocenters. The van der Waals surface area contributed by atoms with Crippen molar-refractivity contribution in [3.05, 3.63) is 70.9 Å². The van der Waals surface area contributed by atoms with E-state index in [2.05, 4.69) is 20.8 Å². The van der Waals surface area contributed by atoms with Crippen LogP contribution in [0.4, 0.5) is 0 Å². The van der Waals surface area contributed by atoms with Crippen molar-refractivity contribution in [2.45, 2.75) is 32.3 Å². The van der Waals surface area contributed by atoms with E-state index in [0.29, 0.717) is 28.2 Å². The molecule has 0 unspecified atom stereocenters. The fourth-order valence-electron chi connectivity index (χ4n) is 2.87. The maximum Gasteiger partial charge on any atom is 0.303 e. The van der Waals surface area contributed by atoms with Crippen molar-refractivity contribution in [3.63, 3.8) is 0 Å². The lowest BCUT2D eigenvalue weighted by atomic mass is 9.78. The third kappa shape index (κ3) is 6.44. The van der Waals surface area contributed by atoms with Gasteiger partial charge in [-0.25, -0.2) is 0 Å². The first-order valence-electron chi connectivity index (χ1n) is 9.38. The van der Waals surface area contributed by atoms with Crippen LogP contribution in [0.3, 0.4) is 0 Å². The number of rotatable bonds is 10. The second kappa shape index (κ2) is 11.1. The summed E-state index contributed by atoms with van der Waals surface area (Å²) in [7, 11) is 0. The van der Waals surface area contributed by atoms with Gasteiger partial charge in [-0.05, 0) is 48.7 Å². The Kier molecular flexibility index (Phi) is 9.14. The van der Waals surface area contributed by atoms with Crippen molar-refractivity contribution >= 4 is 40.8 Å². The van der Waals surface area contributed by atoms with Gasteiger partial charge in [-0.15, -0.1) is 11.6 Å². The van der Waals surface area contributed by atoms with Crippen LogP contribution in [0.2, 0.25) is 10.0 Å². The number of ether oxygens (including phenoxy) is 3. The summed E-state index contributed by atoms with van der Waals surface area (Å²) >= 11 is 18.6. The van der Waals surface area contributed by atoms with Gasteiger partial charge in [-0.3, -0.25) is 4.79 Å². The Morgan fingerprint density at radius 3 is 2.20 bits per heavy atom. The van der Waals surface area contributed by atoms with Crippen LogP contribution >= 0.6 is 34.8 Å². The summed E-state index contributed by atoms with van der Waals surface area (Å²) in [6.07, 6.45) is 1.14. The largest absolute Gasteiger partial charge is 0.490 e. The fourth-order valence-corrected chi connectivity index (χ4v) is 3.62. The number of carbonyl (C=O) groups is 1. The Bertz CT molecular complexity index is 827. The van der Waals surface area contributed by atoms with Crippen LogP contribution in [0.1, 0.15) is 31.9 Å². The van der Waals surface area contributed by atoms with Crippen molar-refractivity contribution in [3.8, 4) is 11.5 Å². The molecule has 0 heterocycles. The molecule has 7 heteroatoms. The van der Waals surface area contributed by atoms with Gasteiger partial charge in [0.05, 0.1) is 22.5 Å². The minimum absolute atomic E-state index is 0.165. The van der Waals surface area contributed by atoms with Crippen molar-refractivity contribution in [1.82, 2.24) is 0 Å². The van der Waals surface area contributed by atoms with Gasteiger partial charge in [0.1, 0.15) is 18.5 Å².